The lowest BCUT2D eigenvalue weighted by Crippen LogP contribution is -2.48. The fourth-order valence-corrected chi connectivity index (χ4v) is 2.18. The summed E-state index contributed by atoms with van der Waals surface area (Å²) in [7, 11) is 0. The predicted octanol–water partition coefficient (Wildman–Crippen LogP) is 0.494. The lowest BCUT2D eigenvalue weighted by atomic mass is 9.92. The number of carbonyl (C=O) groups excluding carboxylic acids is 1. The van der Waals surface area contributed by atoms with Crippen molar-refractivity contribution in [3.05, 3.63) is 0 Å². The second-order valence-corrected chi connectivity index (χ2v) is 5.25. The van der Waals surface area contributed by atoms with Crippen molar-refractivity contribution in [2.75, 3.05) is 13.1 Å². The van der Waals surface area contributed by atoms with Crippen molar-refractivity contribution in [3.63, 3.8) is 0 Å². The van der Waals surface area contributed by atoms with Gasteiger partial charge in [0.2, 0.25) is 5.91 Å². The number of amides is 1. The molecule has 3 unspecified atom stereocenters. The molecule has 4 nitrogen and oxygen atoms in total. The number of hydrogen-bond donors (Lipinski definition) is 2. The largest absolute Gasteiger partial charge is 0.393 e. The monoisotopic (exact) mass is 243 g/mol. The first-order chi connectivity index (χ1) is 7.41. The summed E-state index contributed by atoms with van der Waals surface area (Å²) in [6.45, 7) is 5.75. The Kier molecular flexibility index (Phi) is 4.68. The van der Waals surface area contributed by atoms with E-state index in [1.54, 1.807) is 0 Å². The van der Waals surface area contributed by atoms with Gasteiger partial charge in [0.1, 0.15) is 0 Å². The summed E-state index contributed by atoms with van der Waals surface area (Å²) in [5.41, 5.74) is 11.0. The highest BCUT2D eigenvalue weighted by molar-refractivity contribution is 7.80. The first kappa shape index (κ1) is 13.4. The maximum atomic E-state index is 11.2. The standard InChI is InChI=1S/C11H21N3OS/c1-7(11(13)16)5-14-6-9(10(12)15)4-3-8(14)2/h7-9H,3-6H2,1-2H3,(H2,12,15)(H2,13,16). The molecule has 1 saturated heterocycles. The van der Waals surface area contributed by atoms with Crippen molar-refractivity contribution in [1.82, 2.24) is 4.90 Å². The third-order valence-corrected chi connectivity index (χ3v) is 3.81. The van der Waals surface area contributed by atoms with E-state index in [9.17, 15) is 4.79 Å². The van der Waals surface area contributed by atoms with Gasteiger partial charge in [0.15, 0.2) is 0 Å². The van der Waals surface area contributed by atoms with Crippen molar-refractivity contribution in [3.8, 4) is 0 Å². The van der Waals surface area contributed by atoms with E-state index in [1.807, 2.05) is 6.92 Å². The molecule has 1 aliphatic rings. The number of piperidine rings is 1. The average Bonchev–Trinajstić information content (AvgIpc) is 2.20. The second-order valence-electron chi connectivity index (χ2n) is 4.78. The van der Waals surface area contributed by atoms with Crippen LogP contribution in [-0.4, -0.2) is 34.9 Å². The summed E-state index contributed by atoms with van der Waals surface area (Å²) in [6.07, 6.45) is 1.91. The number of nitrogens with two attached hydrogens (primary N) is 2. The van der Waals surface area contributed by atoms with Crippen LogP contribution in [0.15, 0.2) is 0 Å². The van der Waals surface area contributed by atoms with E-state index >= 15 is 0 Å². The molecule has 0 radical (unpaired) electrons. The molecule has 3 atom stereocenters. The maximum absolute atomic E-state index is 11.2. The fraction of sp³-hybridized carbons (Fsp3) is 0.818. The van der Waals surface area contributed by atoms with E-state index in [2.05, 4.69) is 11.8 Å². The molecule has 5 heteroatoms. The van der Waals surface area contributed by atoms with E-state index in [1.165, 1.54) is 0 Å². The van der Waals surface area contributed by atoms with Gasteiger partial charge in [-0.2, -0.15) is 0 Å². The molecule has 92 valence electrons. The second kappa shape index (κ2) is 5.59. The van der Waals surface area contributed by atoms with Crippen LogP contribution in [0.5, 0.6) is 0 Å². The Labute approximate surface area is 102 Å². The third-order valence-electron chi connectivity index (χ3n) is 3.41. The van der Waals surface area contributed by atoms with Crippen LogP contribution in [0, 0.1) is 11.8 Å². The van der Waals surface area contributed by atoms with Crippen LogP contribution in [-0.2, 0) is 4.79 Å². The van der Waals surface area contributed by atoms with Crippen LogP contribution in [0.1, 0.15) is 26.7 Å². The number of hydrogen-bond acceptors (Lipinski definition) is 3. The first-order valence-corrected chi connectivity index (χ1v) is 6.15. The van der Waals surface area contributed by atoms with Gasteiger partial charge in [0.05, 0.1) is 10.9 Å². The Morgan fingerprint density at radius 3 is 2.62 bits per heavy atom. The molecule has 0 bridgehead atoms. The normalized spacial score (nSPS) is 28.6. The van der Waals surface area contributed by atoms with Gasteiger partial charge in [-0.15, -0.1) is 0 Å². The van der Waals surface area contributed by atoms with Crippen molar-refractivity contribution in [2.24, 2.45) is 23.3 Å². The summed E-state index contributed by atoms with van der Waals surface area (Å²) in [4.78, 5) is 14.0. The highest BCUT2D eigenvalue weighted by atomic mass is 32.1. The Morgan fingerprint density at radius 1 is 1.50 bits per heavy atom. The molecule has 0 aromatic carbocycles. The zero-order valence-electron chi connectivity index (χ0n) is 9.98. The predicted molar refractivity (Wildman–Crippen MR) is 68.9 cm³/mol. The first-order valence-electron chi connectivity index (χ1n) is 5.74. The molecule has 1 heterocycles. The topological polar surface area (TPSA) is 72.3 Å². The lowest BCUT2D eigenvalue weighted by Gasteiger charge is -2.38. The van der Waals surface area contributed by atoms with Gasteiger partial charge < -0.3 is 11.5 Å². The Morgan fingerprint density at radius 2 is 2.12 bits per heavy atom. The zero-order chi connectivity index (χ0) is 12.3. The van der Waals surface area contributed by atoms with Gasteiger partial charge in [-0.05, 0) is 19.8 Å². The molecule has 1 rings (SSSR count). The van der Waals surface area contributed by atoms with Crippen LogP contribution >= 0.6 is 12.2 Å². The summed E-state index contributed by atoms with van der Waals surface area (Å²) >= 11 is 4.97. The summed E-state index contributed by atoms with van der Waals surface area (Å²) in [5, 5.41) is 0. The maximum Gasteiger partial charge on any atom is 0.221 e. The zero-order valence-corrected chi connectivity index (χ0v) is 10.8. The molecule has 1 aliphatic heterocycles. The SMILES string of the molecule is CC(CN1CC(C(N)=O)CCC1C)C(N)=S. The minimum atomic E-state index is -0.195. The number of carbonyl (C=O) groups is 1. The van der Waals surface area contributed by atoms with Crippen molar-refractivity contribution in [1.29, 1.82) is 0 Å². The van der Waals surface area contributed by atoms with Crippen LogP contribution in [0.25, 0.3) is 0 Å². The highest BCUT2D eigenvalue weighted by Gasteiger charge is 2.29. The lowest BCUT2D eigenvalue weighted by molar-refractivity contribution is -0.124. The Bertz CT molecular complexity index is 280. The van der Waals surface area contributed by atoms with Crippen molar-refractivity contribution >= 4 is 23.1 Å². The fourth-order valence-electron chi connectivity index (χ4n) is 2.11. The Hall–Kier alpha value is -0.680. The van der Waals surface area contributed by atoms with E-state index in [4.69, 9.17) is 23.7 Å². The molecular formula is C11H21N3OS. The molecule has 0 saturated carbocycles. The molecule has 0 aliphatic carbocycles. The minimum Gasteiger partial charge on any atom is -0.393 e. The molecule has 0 aromatic rings. The number of thiocarbonyl (C=S) groups is 1. The van der Waals surface area contributed by atoms with Gasteiger partial charge in [0.25, 0.3) is 0 Å². The summed E-state index contributed by atoms with van der Waals surface area (Å²) < 4.78 is 0. The quantitative estimate of drug-likeness (QED) is 0.705. The molecule has 1 amide bonds. The highest BCUT2D eigenvalue weighted by Crippen LogP contribution is 2.22. The molecule has 4 N–H and O–H groups in total. The van der Waals surface area contributed by atoms with E-state index in [-0.39, 0.29) is 17.7 Å². The van der Waals surface area contributed by atoms with Crippen LogP contribution in [0.2, 0.25) is 0 Å². The van der Waals surface area contributed by atoms with Crippen LogP contribution < -0.4 is 11.5 Å². The van der Waals surface area contributed by atoms with Gasteiger partial charge in [-0.3, -0.25) is 9.69 Å². The number of nitrogens with zero attached hydrogens (tertiary/aromatic N) is 1. The summed E-state index contributed by atoms with van der Waals surface area (Å²) in [5.74, 6) is -0.0290. The van der Waals surface area contributed by atoms with Gasteiger partial charge in [-0.1, -0.05) is 19.1 Å². The number of primary amides is 1. The summed E-state index contributed by atoms with van der Waals surface area (Å²) in [6, 6.07) is 0.479. The minimum absolute atomic E-state index is 0.0188. The third kappa shape index (κ3) is 3.42. The molecular weight excluding hydrogens is 222 g/mol. The van der Waals surface area contributed by atoms with Crippen LogP contribution in [0.4, 0.5) is 0 Å². The average molecular weight is 243 g/mol. The Balaban J connectivity index is 2.56. The van der Waals surface area contributed by atoms with Crippen molar-refractivity contribution in [2.45, 2.75) is 32.7 Å². The van der Waals surface area contributed by atoms with E-state index in [0.717, 1.165) is 25.9 Å². The van der Waals surface area contributed by atoms with Gasteiger partial charge in [0, 0.05) is 25.0 Å². The van der Waals surface area contributed by atoms with E-state index < -0.39 is 0 Å². The van der Waals surface area contributed by atoms with Gasteiger partial charge >= 0.3 is 0 Å². The number of rotatable bonds is 4. The molecule has 16 heavy (non-hydrogen) atoms. The van der Waals surface area contributed by atoms with E-state index in [0.29, 0.717) is 11.0 Å². The van der Waals surface area contributed by atoms with Gasteiger partial charge in [-0.25, -0.2) is 0 Å². The number of likely N-dealkylation sites (tertiary alicyclic amines) is 1. The molecule has 0 aromatic heterocycles. The smallest absolute Gasteiger partial charge is 0.221 e. The van der Waals surface area contributed by atoms with Crippen LogP contribution in [0.3, 0.4) is 0 Å². The molecule has 0 spiro atoms. The van der Waals surface area contributed by atoms with Crippen molar-refractivity contribution < 1.29 is 4.79 Å². The molecule has 1 fully saturated rings.